The summed E-state index contributed by atoms with van der Waals surface area (Å²) in [6.07, 6.45) is 2.35. The van der Waals surface area contributed by atoms with Crippen LogP contribution in [0.15, 0.2) is 23.3 Å². The van der Waals surface area contributed by atoms with E-state index in [2.05, 4.69) is 5.10 Å². The number of ether oxygens (including phenoxy) is 1. The SMILES string of the molecule is COc1ccc([N+](=O)[O-])c(C2=NN(C(=O)C3CC3)CC2)c1. The summed E-state index contributed by atoms with van der Waals surface area (Å²) < 4.78 is 5.11. The van der Waals surface area contributed by atoms with Crippen LogP contribution in [0.2, 0.25) is 0 Å². The summed E-state index contributed by atoms with van der Waals surface area (Å²) in [5, 5.41) is 16.9. The summed E-state index contributed by atoms with van der Waals surface area (Å²) >= 11 is 0. The summed E-state index contributed by atoms with van der Waals surface area (Å²) in [7, 11) is 1.50. The van der Waals surface area contributed by atoms with Gasteiger partial charge in [-0.1, -0.05) is 0 Å². The molecule has 0 saturated heterocycles. The molecule has 1 saturated carbocycles. The molecule has 1 amide bonds. The first kappa shape index (κ1) is 13.5. The van der Waals surface area contributed by atoms with E-state index in [-0.39, 0.29) is 17.5 Å². The Morgan fingerprint density at radius 2 is 2.24 bits per heavy atom. The molecule has 7 nitrogen and oxygen atoms in total. The molecule has 1 aliphatic carbocycles. The van der Waals surface area contributed by atoms with E-state index in [1.54, 1.807) is 12.1 Å². The van der Waals surface area contributed by atoms with Crippen LogP contribution in [0.5, 0.6) is 5.75 Å². The van der Waals surface area contributed by atoms with E-state index >= 15 is 0 Å². The van der Waals surface area contributed by atoms with E-state index in [1.165, 1.54) is 18.2 Å². The van der Waals surface area contributed by atoms with Crippen molar-refractivity contribution in [2.24, 2.45) is 11.0 Å². The molecule has 1 fully saturated rings. The summed E-state index contributed by atoms with van der Waals surface area (Å²) in [6, 6.07) is 4.55. The molecule has 0 radical (unpaired) electrons. The van der Waals surface area contributed by atoms with Gasteiger partial charge < -0.3 is 4.74 Å². The van der Waals surface area contributed by atoms with Gasteiger partial charge in [0.2, 0.25) is 5.91 Å². The highest BCUT2D eigenvalue weighted by atomic mass is 16.6. The highest BCUT2D eigenvalue weighted by molar-refractivity contribution is 6.06. The van der Waals surface area contributed by atoms with Crippen molar-refractivity contribution < 1.29 is 14.5 Å². The average molecular weight is 289 g/mol. The second-order valence-electron chi connectivity index (χ2n) is 5.17. The number of nitrogens with zero attached hydrogens (tertiary/aromatic N) is 3. The minimum absolute atomic E-state index is 0.0183. The topological polar surface area (TPSA) is 85.0 Å². The van der Waals surface area contributed by atoms with Gasteiger partial charge in [0, 0.05) is 18.4 Å². The van der Waals surface area contributed by atoms with Gasteiger partial charge in [-0.05, 0) is 25.0 Å². The van der Waals surface area contributed by atoms with Gasteiger partial charge in [-0.25, -0.2) is 5.01 Å². The number of nitro groups is 1. The zero-order chi connectivity index (χ0) is 15.0. The molecule has 7 heteroatoms. The number of methoxy groups -OCH3 is 1. The molecule has 110 valence electrons. The number of rotatable bonds is 4. The number of hydrogen-bond donors (Lipinski definition) is 0. The molecule has 1 aromatic rings. The van der Waals surface area contributed by atoms with Gasteiger partial charge in [-0.3, -0.25) is 14.9 Å². The molecule has 1 aliphatic heterocycles. The lowest BCUT2D eigenvalue weighted by molar-refractivity contribution is -0.385. The predicted molar refractivity (Wildman–Crippen MR) is 75.2 cm³/mol. The highest BCUT2D eigenvalue weighted by Gasteiger charge is 2.36. The molecule has 3 rings (SSSR count). The number of carbonyl (C=O) groups is 1. The Balaban J connectivity index is 1.93. The fourth-order valence-electron chi connectivity index (χ4n) is 2.38. The Morgan fingerprint density at radius 1 is 1.48 bits per heavy atom. The van der Waals surface area contributed by atoms with Gasteiger partial charge in [0.25, 0.3) is 5.69 Å². The van der Waals surface area contributed by atoms with E-state index in [1.807, 2.05) is 0 Å². The second-order valence-corrected chi connectivity index (χ2v) is 5.17. The fraction of sp³-hybridized carbons (Fsp3) is 0.429. The molecule has 21 heavy (non-hydrogen) atoms. The van der Waals surface area contributed by atoms with Crippen molar-refractivity contribution in [2.75, 3.05) is 13.7 Å². The van der Waals surface area contributed by atoms with Crippen LogP contribution in [0.3, 0.4) is 0 Å². The Labute approximate surface area is 121 Å². The van der Waals surface area contributed by atoms with E-state index in [0.29, 0.717) is 30.0 Å². The van der Waals surface area contributed by atoms with Crippen molar-refractivity contribution in [3.63, 3.8) is 0 Å². The lowest BCUT2D eigenvalue weighted by Crippen LogP contribution is -2.24. The smallest absolute Gasteiger partial charge is 0.278 e. The van der Waals surface area contributed by atoms with Crippen molar-refractivity contribution in [2.45, 2.75) is 19.3 Å². The van der Waals surface area contributed by atoms with Crippen molar-refractivity contribution in [1.29, 1.82) is 0 Å². The van der Waals surface area contributed by atoms with Crippen LogP contribution in [0.1, 0.15) is 24.8 Å². The van der Waals surface area contributed by atoms with Crippen molar-refractivity contribution in [1.82, 2.24) is 5.01 Å². The van der Waals surface area contributed by atoms with Crippen LogP contribution >= 0.6 is 0 Å². The summed E-state index contributed by atoms with van der Waals surface area (Å²) in [5.74, 6) is 0.647. The Kier molecular flexibility index (Phi) is 3.32. The summed E-state index contributed by atoms with van der Waals surface area (Å²) in [6.45, 7) is 0.485. The first-order valence-electron chi connectivity index (χ1n) is 6.82. The Hall–Kier alpha value is -2.44. The van der Waals surface area contributed by atoms with Crippen LogP contribution in [-0.4, -0.2) is 35.2 Å². The molecular weight excluding hydrogens is 274 g/mol. The molecular formula is C14H15N3O4. The molecule has 0 N–H and O–H groups in total. The van der Waals surface area contributed by atoms with Crippen LogP contribution in [0, 0.1) is 16.0 Å². The monoisotopic (exact) mass is 289 g/mol. The van der Waals surface area contributed by atoms with E-state index in [9.17, 15) is 14.9 Å². The molecule has 0 aromatic heterocycles. The minimum Gasteiger partial charge on any atom is -0.497 e. The van der Waals surface area contributed by atoms with Crippen molar-refractivity contribution in [3.8, 4) is 5.75 Å². The standard InChI is InChI=1S/C14H15N3O4/c1-21-10-4-5-13(17(19)20)11(8-10)12-6-7-16(15-12)14(18)9-2-3-9/h4-5,8-9H,2-3,6-7H2,1H3. The quantitative estimate of drug-likeness (QED) is 0.626. The predicted octanol–water partition coefficient (Wildman–Crippen LogP) is 1.95. The zero-order valence-electron chi connectivity index (χ0n) is 11.6. The highest BCUT2D eigenvalue weighted by Crippen LogP contribution is 2.33. The first-order valence-corrected chi connectivity index (χ1v) is 6.82. The lowest BCUT2D eigenvalue weighted by Gasteiger charge is -2.09. The molecule has 1 heterocycles. The third-order valence-corrected chi connectivity index (χ3v) is 3.69. The maximum absolute atomic E-state index is 12.0. The van der Waals surface area contributed by atoms with Crippen LogP contribution in [-0.2, 0) is 4.79 Å². The molecule has 0 bridgehead atoms. The van der Waals surface area contributed by atoms with E-state index < -0.39 is 4.92 Å². The lowest BCUT2D eigenvalue weighted by atomic mass is 10.1. The van der Waals surface area contributed by atoms with Crippen LogP contribution in [0.25, 0.3) is 0 Å². The summed E-state index contributed by atoms with van der Waals surface area (Å²) in [5.41, 5.74) is 0.968. The normalized spacial score (nSPS) is 17.6. The molecule has 2 aliphatic rings. The average Bonchev–Trinajstić information content (AvgIpc) is 3.22. The van der Waals surface area contributed by atoms with Gasteiger partial charge in [0.15, 0.2) is 0 Å². The maximum atomic E-state index is 12.0. The van der Waals surface area contributed by atoms with Gasteiger partial charge in [0.1, 0.15) is 5.75 Å². The number of hydrazone groups is 1. The minimum atomic E-state index is -0.442. The van der Waals surface area contributed by atoms with Gasteiger partial charge in [-0.15, -0.1) is 0 Å². The number of carbonyl (C=O) groups excluding carboxylic acids is 1. The number of amides is 1. The van der Waals surface area contributed by atoms with Crippen LogP contribution in [0.4, 0.5) is 5.69 Å². The van der Waals surface area contributed by atoms with Crippen molar-refractivity contribution in [3.05, 3.63) is 33.9 Å². The molecule has 0 atom stereocenters. The first-order chi connectivity index (χ1) is 10.1. The number of benzene rings is 1. The van der Waals surface area contributed by atoms with E-state index in [0.717, 1.165) is 12.8 Å². The largest absolute Gasteiger partial charge is 0.497 e. The Morgan fingerprint density at radius 3 is 2.86 bits per heavy atom. The Bertz CT molecular complexity index is 637. The second kappa shape index (κ2) is 5.16. The number of hydrogen-bond acceptors (Lipinski definition) is 5. The van der Waals surface area contributed by atoms with Crippen LogP contribution < -0.4 is 4.74 Å². The fourth-order valence-corrected chi connectivity index (χ4v) is 2.38. The third-order valence-electron chi connectivity index (χ3n) is 3.69. The third kappa shape index (κ3) is 2.58. The molecule has 0 spiro atoms. The summed E-state index contributed by atoms with van der Waals surface area (Å²) in [4.78, 5) is 22.7. The number of nitro benzene ring substituents is 1. The van der Waals surface area contributed by atoms with Gasteiger partial charge in [0.05, 0.1) is 29.9 Å². The molecule has 1 aromatic carbocycles. The van der Waals surface area contributed by atoms with Gasteiger partial charge >= 0.3 is 0 Å². The van der Waals surface area contributed by atoms with Gasteiger partial charge in [-0.2, -0.15) is 5.10 Å². The van der Waals surface area contributed by atoms with Crippen molar-refractivity contribution >= 4 is 17.3 Å². The molecule has 0 unspecified atom stereocenters. The zero-order valence-corrected chi connectivity index (χ0v) is 11.6. The van der Waals surface area contributed by atoms with E-state index in [4.69, 9.17) is 4.74 Å². The maximum Gasteiger partial charge on any atom is 0.278 e.